The number of ether oxygens (including phenoxy) is 2. The van der Waals surface area contributed by atoms with E-state index in [0.717, 1.165) is 11.1 Å². The van der Waals surface area contributed by atoms with Crippen LogP contribution in [0, 0.1) is 35.3 Å². The molecule has 8 nitrogen and oxygen atoms in total. The van der Waals surface area contributed by atoms with Gasteiger partial charge in [-0.1, -0.05) is 29.3 Å². The zero-order valence-corrected chi connectivity index (χ0v) is 20.8. The van der Waals surface area contributed by atoms with Crippen molar-refractivity contribution in [2.24, 2.45) is 0 Å². The topological polar surface area (TPSA) is 114 Å². The van der Waals surface area contributed by atoms with E-state index in [2.05, 4.69) is 5.32 Å². The molecular formula is C27H24ClN3O5. The van der Waals surface area contributed by atoms with Crippen molar-refractivity contribution in [3.63, 3.8) is 0 Å². The number of non-ortho nitro benzene ring substituents is 1. The summed E-state index contributed by atoms with van der Waals surface area (Å²) in [6, 6.07) is 16.7. The van der Waals surface area contributed by atoms with Gasteiger partial charge in [0.2, 0.25) is 0 Å². The number of aryl methyl sites for hydroxylation is 2. The predicted octanol–water partition coefficient (Wildman–Crippen LogP) is 6.39. The monoisotopic (exact) mass is 505 g/mol. The fourth-order valence-electron chi connectivity index (χ4n) is 3.40. The summed E-state index contributed by atoms with van der Waals surface area (Å²) in [7, 11) is 0. The van der Waals surface area contributed by atoms with E-state index in [0.29, 0.717) is 29.2 Å². The summed E-state index contributed by atoms with van der Waals surface area (Å²) in [5.74, 6) is 0.0783. The molecule has 1 amide bonds. The maximum Gasteiger partial charge on any atom is 0.269 e. The molecule has 1 N–H and O–H groups in total. The first-order chi connectivity index (χ1) is 17.2. The lowest BCUT2D eigenvalue weighted by atomic mass is 10.1. The molecular weight excluding hydrogens is 482 g/mol. The minimum Gasteiger partial charge on any atom is -0.490 e. The molecule has 0 bridgehead atoms. The Kier molecular flexibility index (Phi) is 8.66. The Labute approximate surface area is 213 Å². The van der Waals surface area contributed by atoms with Crippen molar-refractivity contribution >= 4 is 35.0 Å². The summed E-state index contributed by atoms with van der Waals surface area (Å²) in [5.41, 5.74) is 3.64. The van der Waals surface area contributed by atoms with Crippen molar-refractivity contribution in [3.05, 3.63) is 97.6 Å². The Morgan fingerprint density at radius 2 is 1.86 bits per heavy atom. The fraction of sp³-hybridized carbons (Fsp3) is 0.185. The highest BCUT2D eigenvalue weighted by Crippen LogP contribution is 2.38. The lowest BCUT2D eigenvalue weighted by molar-refractivity contribution is -0.384. The van der Waals surface area contributed by atoms with E-state index < -0.39 is 10.8 Å². The number of nitrogens with zero attached hydrogens (tertiary/aromatic N) is 2. The Hall–Kier alpha value is -4.35. The second-order valence-corrected chi connectivity index (χ2v) is 8.32. The molecule has 0 saturated carbocycles. The molecule has 36 heavy (non-hydrogen) atoms. The number of nitriles is 1. The molecule has 3 rings (SSSR count). The van der Waals surface area contributed by atoms with Crippen LogP contribution in [0.5, 0.6) is 11.5 Å². The van der Waals surface area contributed by atoms with Gasteiger partial charge in [0.05, 0.1) is 16.6 Å². The number of nitro benzene ring substituents is 1. The first-order valence-electron chi connectivity index (χ1n) is 11.0. The number of carbonyl (C=O) groups is 1. The normalized spacial score (nSPS) is 10.9. The third-order valence-electron chi connectivity index (χ3n) is 5.17. The van der Waals surface area contributed by atoms with Crippen LogP contribution < -0.4 is 14.8 Å². The van der Waals surface area contributed by atoms with Crippen LogP contribution in [0.2, 0.25) is 5.02 Å². The predicted molar refractivity (Wildman–Crippen MR) is 138 cm³/mol. The van der Waals surface area contributed by atoms with E-state index in [9.17, 15) is 20.2 Å². The molecule has 3 aromatic rings. The molecule has 0 saturated heterocycles. The van der Waals surface area contributed by atoms with E-state index in [1.807, 2.05) is 32.0 Å². The first kappa shape index (κ1) is 26.3. The molecule has 0 aliphatic heterocycles. The van der Waals surface area contributed by atoms with Gasteiger partial charge in [0, 0.05) is 17.8 Å². The average Bonchev–Trinajstić information content (AvgIpc) is 2.84. The minimum absolute atomic E-state index is 0.0159. The zero-order chi connectivity index (χ0) is 26.2. The molecule has 0 fully saturated rings. The number of nitrogens with one attached hydrogen (secondary N) is 1. The molecule has 9 heteroatoms. The number of anilines is 1. The number of hydrogen-bond donors (Lipinski definition) is 1. The van der Waals surface area contributed by atoms with Gasteiger partial charge in [-0.15, -0.1) is 0 Å². The van der Waals surface area contributed by atoms with Crippen LogP contribution in [0.25, 0.3) is 6.08 Å². The Morgan fingerprint density at radius 1 is 1.14 bits per heavy atom. The summed E-state index contributed by atoms with van der Waals surface area (Å²) >= 11 is 6.47. The van der Waals surface area contributed by atoms with Crippen LogP contribution in [-0.4, -0.2) is 17.4 Å². The summed E-state index contributed by atoms with van der Waals surface area (Å²) in [6.07, 6.45) is 1.42. The summed E-state index contributed by atoms with van der Waals surface area (Å²) < 4.78 is 11.5. The maximum absolute atomic E-state index is 12.7. The molecule has 0 aromatic heterocycles. The van der Waals surface area contributed by atoms with Gasteiger partial charge in [0.1, 0.15) is 18.2 Å². The molecule has 0 unspecified atom stereocenters. The highest BCUT2D eigenvalue weighted by molar-refractivity contribution is 6.32. The SMILES string of the molecule is CCOc1cc(/C=C(\C#N)C(=O)Nc2ccc(C)cc2C)cc(Cl)c1OCc1ccc([N+](=O)[O-])cc1. The van der Waals surface area contributed by atoms with E-state index in [1.54, 1.807) is 37.3 Å². The number of hydrogen-bond acceptors (Lipinski definition) is 6. The number of rotatable bonds is 9. The molecule has 3 aromatic carbocycles. The van der Waals surface area contributed by atoms with Crippen LogP contribution in [0.1, 0.15) is 29.2 Å². The smallest absolute Gasteiger partial charge is 0.269 e. The van der Waals surface area contributed by atoms with Crippen molar-refractivity contribution in [2.45, 2.75) is 27.4 Å². The van der Waals surface area contributed by atoms with Crippen molar-refractivity contribution in [1.82, 2.24) is 0 Å². The summed E-state index contributed by atoms with van der Waals surface area (Å²) in [5, 5.41) is 23.4. The van der Waals surface area contributed by atoms with Gasteiger partial charge < -0.3 is 14.8 Å². The number of halogens is 1. The van der Waals surface area contributed by atoms with Crippen LogP contribution in [-0.2, 0) is 11.4 Å². The third kappa shape index (κ3) is 6.62. The second kappa shape index (κ2) is 11.9. The van der Waals surface area contributed by atoms with Gasteiger partial charge in [-0.05, 0) is 73.9 Å². The van der Waals surface area contributed by atoms with Gasteiger partial charge in [0.15, 0.2) is 11.5 Å². The zero-order valence-electron chi connectivity index (χ0n) is 20.0. The van der Waals surface area contributed by atoms with Crippen molar-refractivity contribution in [2.75, 3.05) is 11.9 Å². The average molecular weight is 506 g/mol. The van der Waals surface area contributed by atoms with E-state index >= 15 is 0 Å². The molecule has 0 aliphatic carbocycles. The Balaban J connectivity index is 1.83. The quantitative estimate of drug-likeness (QED) is 0.156. The lowest BCUT2D eigenvalue weighted by Gasteiger charge is -2.15. The largest absolute Gasteiger partial charge is 0.490 e. The molecule has 0 atom stereocenters. The lowest BCUT2D eigenvalue weighted by Crippen LogP contribution is -2.14. The fourth-order valence-corrected chi connectivity index (χ4v) is 3.68. The van der Waals surface area contributed by atoms with Gasteiger partial charge in [-0.25, -0.2) is 0 Å². The third-order valence-corrected chi connectivity index (χ3v) is 5.45. The maximum atomic E-state index is 12.7. The van der Waals surface area contributed by atoms with Crippen molar-refractivity contribution in [1.29, 1.82) is 5.26 Å². The molecule has 0 spiro atoms. The van der Waals surface area contributed by atoms with Crippen molar-refractivity contribution < 1.29 is 19.2 Å². The number of amides is 1. The first-order valence-corrected chi connectivity index (χ1v) is 11.4. The second-order valence-electron chi connectivity index (χ2n) is 7.92. The number of carbonyl (C=O) groups excluding carboxylic acids is 1. The van der Waals surface area contributed by atoms with Gasteiger partial charge in [-0.3, -0.25) is 14.9 Å². The molecule has 0 aliphatic rings. The van der Waals surface area contributed by atoms with Crippen LogP contribution in [0.15, 0.2) is 60.2 Å². The summed E-state index contributed by atoms with van der Waals surface area (Å²) in [4.78, 5) is 23.1. The summed E-state index contributed by atoms with van der Waals surface area (Å²) in [6.45, 7) is 6.07. The standard InChI is InChI=1S/C27H24ClN3O5/c1-4-35-25-14-20(12-21(15-29)27(32)30-24-10-5-17(2)11-18(24)3)13-23(28)26(25)36-16-19-6-8-22(9-7-19)31(33)34/h5-14H,4,16H2,1-3H3,(H,30,32)/b21-12+. The van der Waals surface area contributed by atoms with Crippen LogP contribution >= 0.6 is 11.6 Å². The Morgan fingerprint density at radius 3 is 2.47 bits per heavy atom. The van der Waals surface area contributed by atoms with E-state index in [4.69, 9.17) is 21.1 Å². The van der Waals surface area contributed by atoms with Gasteiger partial charge >= 0.3 is 0 Å². The molecule has 0 heterocycles. The van der Waals surface area contributed by atoms with E-state index in [1.165, 1.54) is 18.2 Å². The molecule has 184 valence electrons. The van der Waals surface area contributed by atoms with E-state index in [-0.39, 0.29) is 28.6 Å². The van der Waals surface area contributed by atoms with Crippen molar-refractivity contribution in [3.8, 4) is 17.6 Å². The highest BCUT2D eigenvalue weighted by atomic mass is 35.5. The van der Waals surface area contributed by atoms with Gasteiger partial charge in [-0.2, -0.15) is 5.26 Å². The van der Waals surface area contributed by atoms with Gasteiger partial charge in [0.25, 0.3) is 11.6 Å². The van der Waals surface area contributed by atoms with Crippen LogP contribution in [0.3, 0.4) is 0 Å². The Bertz CT molecular complexity index is 1360. The minimum atomic E-state index is -0.544. The number of nitro groups is 1. The van der Waals surface area contributed by atoms with Crippen LogP contribution in [0.4, 0.5) is 11.4 Å². The highest BCUT2D eigenvalue weighted by Gasteiger charge is 2.16. The molecule has 0 radical (unpaired) electrons. The number of benzene rings is 3.